The number of H-pyrrole nitrogens is 1. The van der Waals surface area contributed by atoms with E-state index in [9.17, 15) is 14.7 Å². The Labute approximate surface area is 239 Å². The molecule has 9 nitrogen and oxygen atoms in total. The number of aromatic amines is 1. The first-order valence-corrected chi connectivity index (χ1v) is 14.2. The Hall–Kier alpha value is -4.37. The van der Waals surface area contributed by atoms with Gasteiger partial charge in [-0.05, 0) is 41.8 Å². The molecule has 2 N–H and O–H groups in total. The fraction of sp³-hybridized carbons (Fsp3) is 0.344. The fourth-order valence-electron chi connectivity index (χ4n) is 5.90. The molecule has 1 saturated heterocycles. The topological polar surface area (TPSA) is 102 Å². The molecule has 4 aromatic rings. The van der Waals surface area contributed by atoms with Crippen molar-refractivity contribution in [2.24, 2.45) is 5.92 Å². The van der Waals surface area contributed by atoms with E-state index in [2.05, 4.69) is 42.9 Å². The van der Waals surface area contributed by atoms with Gasteiger partial charge >= 0.3 is 5.97 Å². The van der Waals surface area contributed by atoms with Crippen molar-refractivity contribution in [1.82, 2.24) is 19.8 Å². The molecule has 2 aliphatic rings. The van der Waals surface area contributed by atoms with Crippen molar-refractivity contribution in [1.29, 1.82) is 0 Å². The third-order valence-electron chi connectivity index (χ3n) is 8.14. The first-order valence-electron chi connectivity index (χ1n) is 14.2. The van der Waals surface area contributed by atoms with Crippen molar-refractivity contribution >= 4 is 28.6 Å². The second-order valence-electron chi connectivity index (χ2n) is 11.2. The Bertz CT molecular complexity index is 1570. The standard InChI is InChI=1S/C32H35N5O4/c1-21(2)31(38)37-19-24-6-4-3-5-22(24)15-26(37)20-35-11-13-36(14-12-35)25-7-8-28(32(39)40)29(17-25)41-27-16-23-9-10-33-30(23)34-18-27/h3-10,16-18,21,26H,11-15,19-20H2,1-2H3,(H,33,34)(H,39,40)/t26-/m0/s1. The van der Waals surface area contributed by atoms with Crippen LogP contribution < -0.4 is 9.64 Å². The Morgan fingerprint density at radius 2 is 1.83 bits per heavy atom. The van der Waals surface area contributed by atoms with E-state index >= 15 is 0 Å². The number of hydrogen-bond acceptors (Lipinski definition) is 6. The summed E-state index contributed by atoms with van der Waals surface area (Å²) in [5.74, 6) is -0.0962. The van der Waals surface area contributed by atoms with Crippen molar-refractivity contribution in [3.05, 3.63) is 83.7 Å². The van der Waals surface area contributed by atoms with Gasteiger partial charge in [0.05, 0.1) is 6.20 Å². The predicted octanol–water partition coefficient (Wildman–Crippen LogP) is 4.78. The van der Waals surface area contributed by atoms with Gasteiger partial charge in [-0.2, -0.15) is 0 Å². The number of anilines is 1. The van der Waals surface area contributed by atoms with Crippen molar-refractivity contribution in [2.45, 2.75) is 32.9 Å². The number of carbonyl (C=O) groups is 2. The average Bonchev–Trinajstić information content (AvgIpc) is 3.45. The SMILES string of the molecule is CC(C)C(=O)N1Cc2ccccc2C[C@H]1CN1CCN(c2ccc(C(=O)O)c(Oc3cnc4[nH]ccc4c3)c2)CC1. The first kappa shape index (κ1) is 26.8. The molecular weight excluding hydrogens is 518 g/mol. The second-order valence-corrected chi connectivity index (χ2v) is 11.2. The van der Waals surface area contributed by atoms with E-state index in [0.29, 0.717) is 12.3 Å². The number of rotatable bonds is 7. The molecule has 0 saturated carbocycles. The summed E-state index contributed by atoms with van der Waals surface area (Å²) in [5, 5.41) is 10.7. The number of hydrogen-bond donors (Lipinski definition) is 2. The van der Waals surface area contributed by atoms with Gasteiger partial charge in [0.1, 0.15) is 22.7 Å². The molecule has 1 amide bonds. The summed E-state index contributed by atoms with van der Waals surface area (Å²) in [6.07, 6.45) is 4.26. The zero-order valence-corrected chi connectivity index (χ0v) is 23.4. The summed E-state index contributed by atoms with van der Waals surface area (Å²) in [4.78, 5) is 39.2. The number of carbonyl (C=O) groups excluding carboxylic acids is 1. The molecule has 4 heterocycles. The van der Waals surface area contributed by atoms with Gasteiger partial charge in [0.25, 0.3) is 0 Å². The minimum Gasteiger partial charge on any atom is -0.478 e. The summed E-state index contributed by atoms with van der Waals surface area (Å²) in [6.45, 7) is 8.75. The lowest BCUT2D eigenvalue weighted by Gasteiger charge is -2.43. The number of aromatic nitrogens is 2. The number of carboxylic acids is 1. The molecule has 9 heteroatoms. The normalized spacial score (nSPS) is 17.6. The van der Waals surface area contributed by atoms with Crippen molar-refractivity contribution in [3.63, 3.8) is 0 Å². The smallest absolute Gasteiger partial charge is 0.339 e. The number of pyridine rings is 1. The van der Waals surface area contributed by atoms with Crippen LogP contribution in [0.15, 0.2) is 67.0 Å². The minimum atomic E-state index is -1.04. The highest BCUT2D eigenvalue weighted by Gasteiger charge is 2.33. The molecule has 2 aromatic carbocycles. The summed E-state index contributed by atoms with van der Waals surface area (Å²) >= 11 is 0. The van der Waals surface area contributed by atoms with Gasteiger partial charge in [0, 0.05) is 74.6 Å². The van der Waals surface area contributed by atoms with Gasteiger partial charge in [-0.25, -0.2) is 9.78 Å². The lowest BCUT2D eigenvalue weighted by molar-refractivity contribution is -0.138. The molecule has 1 fully saturated rings. The van der Waals surface area contributed by atoms with Crippen LogP contribution in [0.4, 0.5) is 5.69 Å². The van der Waals surface area contributed by atoms with Gasteiger partial charge in [0.15, 0.2) is 0 Å². The number of ether oxygens (including phenoxy) is 1. The van der Waals surface area contributed by atoms with Crippen molar-refractivity contribution < 1.29 is 19.4 Å². The van der Waals surface area contributed by atoms with E-state index in [0.717, 1.165) is 55.9 Å². The fourth-order valence-corrected chi connectivity index (χ4v) is 5.90. The Morgan fingerprint density at radius 1 is 1.05 bits per heavy atom. The summed E-state index contributed by atoms with van der Waals surface area (Å²) in [5.41, 5.74) is 4.35. The maximum Gasteiger partial charge on any atom is 0.339 e. The lowest BCUT2D eigenvalue weighted by Crippen LogP contribution is -2.55. The molecule has 2 aromatic heterocycles. The zero-order valence-electron chi connectivity index (χ0n) is 23.4. The number of benzene rings is 2. The van der Waals surface area contributed by atoms with Gasteiger partial charge in [0.2, 0.25) is 5.91 Å². The molecule has 2 aliphatic heterocycles. The van der Waals surface area contributed by atoms with E-state index < -0.39 is 5.97 Å². The quantitative estimate of drug-likeness (QED) is 0.339. The first-order chi connectivity index (χ1) is 19.9. The molecule has 0 radical (unpaired) electrons. The molecule has 212 valence electrons. The van der Waals surface area contributed by atoms with Crippen LogP contribution in [-0.4, -0.2) is 75.5 Å². The maximum atomic E-state index is 13.1. The molecule has 6 rings (SSSR count). The number of carboxylic acid groups (broad SMARTS) is 1. The van der Waals surface area contributed by atoms with E-state index in [1.54, 1.807) is 18.5 Å². The molecular formula is C32H35N5O4. The molecule has 41 heavy (non-hydrogen) atoms. The largest absolute Gasteiger partial charge is 0.478 e. The van der Waals surface area contributed by atoms with Crippen LogP contribution in [0, 0.1) is 5.92 Å². The predicted molar refractivity (Wildman–Crippen MR) is 158 cm³/mol. The molecule has 1 atom stereocenters. The van der Waals surface area contributed by atoms with Crippen LogP contribution in [0.5, 0.6) is 11.5 Å². The van der Waals surface area contributed by atoms with E-state index in [1.165, 1.54) is 11.1 Å². The van der Waals surface area contributed by atoms with Crippen molar-refractivity contribution in [3.8, 4) is 11.5 Å². The van der Waals surface area contributed by atoms with Crippen LogP contribution in [0.3, 0.4) is 0 Å². The van der Waals surface area contributed by atoms with Gasteiger partial charge in [-0.1, -0.05) is 38.1 Å². The van der Waals surface area contributed by atoms with E-state index in [1.807, 2.05) is 44.2 Å². The summed E-state index contributed by atoms with van der Waals surface area (Å²) in [6, 6.07) is 17.6. The molecule has 0 bridgehead atoms. The van der Waals surface area contributed by atoms with Gasteiger partial charge < -0.3 is 24.6 Å². The van der Waals surface area contributed by atoms with Crippen LogP contribution in [0.2, 0.25) is 0 Å². The van der Waals surface area contributed by atoms with Crippen LogP contribution in [-0.2, 0) is 17.8 Å². The average molecular weight is 554 g/mol. The van der Waals surface area contributed by atoms with E-state index in [-0.39, 0.29) is 29.2 Å². The highest BCUT2D eigenvalue weighted by Crippen LogP contribution is 2.32. The maximum absolute atomic E-state index is 13.1. The number of aromatic carboxylic acids is 1. The van der Waals surface area contributed by atoms with Crippen molar-refractivity contribution in [2.75, 3.05) is 37.6 Å². The third kappa shape index (κ3) is 5.63. The number of nitrogens with zero attached hydrogens (tertiary/aromatic N) is 4. The molecule has 0 spiro atoms. The Kier molecular flexibility index (Phi) is 7.36. The zero-order chi connectivity index (χ0) is 28.5. The minimum absolute atomic E-state index is 0.0366. The van der Waals surface area contributed by atoms with Crippen LogP contribution >= 0.6 is 0 Å². The molecule has 0 unspecified atom stereocenters. The summed E-state index contributed by atoms with van der Waals surface area (Å²) in [7, 11) is 0. The summed E-state index contributed by atoms with van der Waals surface area (Å²) < 4.78 is 6.05. The number of fused-ring (bicyclic) bond motifs is 2. The Morgan fingerprint density at radius 3 is 2.59 bits per heavy atom. The Balaban J connectivity index is 1.14. The lowest BCUT2D eigenvalue weighted by atomic mass is 9.92. The highest BCUT2D eigenvalue weighted by atomic mass is 16.5. The van der Waals surface area contributed by atoms with Gasteiger partial charge in [-0.15, -0.1) is 0 Å². The third-order valence-corrected chi connectivity index (χ3v) is 8.14. The van der Waals surface area contributed by atoms with E-state index in [4.69, 9.17) is 4.74 Å². The molecule has 0 aliphatic carbocycles. The second kappa shape index (κ2) is 11.2. The highest BCUT2D eigenvalue weighted by molar-refractivity contribution is 5.92. The number of nitrogens with one attached hydrogen (secondary N) is 1. The number of amides is 1. The monoisotopic (exact) mass is 553 g/mol. The van der Waals surface area contributed by atoms with Crippen LogP contribution in [0.1, 0.15) is 35.3 Å². The van der Waals surface area contributed by atoms with Gasteiger partial charge in [-0.3, -0.25) is 9.69 Å². The number of piperazine rings is 1. The van der Waals surface area contributed by atoms with Crippen LogP contribution in [0.25, 0.3) is 11.0 Å².